The van der Waals surface area contributed by atoms with Crippen molar-refractivity contribution in [3.8, 4) is 11.3 Å². The molecule has 33 heavy (non-hydrogen) atoms. The minimum atomic E-state index is -3.91. The number of pyridine rings is 1. The second-order valence-corrected chi connectivity index (χ2v) is 11.1. The maximum absolute atomic E-state index is 15.0. The van der Waals surface area contributed by atoms with E-state index < -0.39 is 46.4 Å². The smallest absolute Gasteiger partial charge is 0.283 e. The summed E-state index contributed by atoms with van der Waals surface area (Å²) in [6.45, 7) is 7.75. The van der Waals surface area contributed by atoms with Crippen LogP contribution in [0.3, 0.4) is 0 Å². The molecule has 1 aromatic heterocycles. The SMILES string of the molecule is CCS(=O)(=O)N[C@@H]1[C@H](Cc2cccc(-c3cc(C)cc(C)n3)c2)N(C(=O)C(C)C)CC1(F)F. The summed E-state index contributed by atoms with van der Waals surface area (Å²) >= 11 is 0. The van der Waals surface area contributed by atoms with Gasteiger partial charge in [-0.2, -0.15) is 0 Å². The zero-order chi connectivity index (χ0) is 24.6. The number of hydrogen-bond acceptors (Lipinski definition) is 4. The Morgan fingerprint density at radius 3 is 2.55 bits per heavy atom. The number of hydrogen-bond donors (Lipinski definition) is 1. The molecule has 0 aliphatic carbocycles. The molecule has 2 aromatic rings. The van der Waals surface area contributed by atoms with Crippen molar-refractivity contribution < 1.29 is 22.0 Å². The Bertz CT molecular complexity index is 1120. The number of sulfonamides is 1. The number of likely N-dealkylation sites (tertiary alicyclic amines) is 1. The second kappa shape index (κ2) is 9.46. The van der Waals surface area contributed by atoms with Gasteiger partial charge in [0.2, 0.25) is 15.9 Å². The zero-order valence-electron chi connectivity index (χ0n) is 19.6. The summed E-state index contributed by atoms with van der Waals surface area (Å²) < 4.78 is 56.6. The molecule has 1 saturated heterocycles. The molecule has 3 rings (SSSR count). The van der Waals surface area contributed by atoms with Crippen LogP contribution in [0, 0.1) is 19.8 Å². The van der Waals surface area contributed by atoms with Crippen LogP contribution in [0.4, 0.5) is 8.78 Å². The third-order valence-electron chi connectivity index (χ3n) is 5.85. The van der Waals surface area contributed by atoms with Gasteiger partial charge in [0.05, 0.1) is 24.0 Å². The lowest BCUT2D eigenvalue weighted by Crippen LogP contribution is -2.53. The van der Waals surface area contributed by atoms with Gasteiger partial charge in [-0.15, -0.1) is 0 Å². The van der Waals surface area contributed by atoms with Gasteiger partial charge >= 0.3 is 0 Å². The molecule has 6 nitrogen and oxygen atoms in total. The van der Waals surface area contributed by atoms with Gasteiger partial charge in [-0.1, -0.05) is 32.0 Å². The summed E-state index contributed by atoms with van der Waals surface area (Å²) in [7, 11) is -3.91. The topological polar surface area (TPSA) is 79.4 Å². The Morgan fingerprint density at radius 1 is 1.24 bits per heavy atom. The molecule has 0 radical (unpaired) electrons. The summed E-state index contributed by atoms with van der Waals surface area (Å²) in [6.07, 6.45) is 0.0869. The van der Waals surface area contributed by atoms with Crippen LogP contribution in [0.5, 0.6) is 0 Å². The first-order valence-electron chi connectivity index (χ1n) is 11.1. The largest absolute Gasteiger partial charge is 0.331 e. The highest BCUT2D eigenvalue weighted by Gasteiger charge is 2.57. The summed E-state index contributed by atoms with van der Waals surface area (Å²) in [5, 5.41) is 0. The highest BCUT2D eigenvalue weighted by atomic mass is 32.2. The van der Waals surface area contributed by atoms with Crippen molar-refractivity contribution in [3.63, 3.8) is 0 Å². The fraction of sp³-hybridized carbons (Fsp3) is 0.500. The van der Waals surface area contributed by atoms with E-state index in [4.69, 9.17) is 0 Å². The molecule has 1 N–H and O–H groups in total. The van der Waals surface area contributed by atoms with E-state index in [2.05, 4.69) is 9.71 Å². The summed E-state index contributed by atoms with van der Waals surface area (Å²) in [5.74, 6) is -4.62. The van der Waals surface area contributed by atoms with Crippen LogP contribution < -0.4 is 4.72 Å². The summed E-state index contributed by atoms with van der Waals surface area (Å²) in [5.41, 5.74) is 4.24. The number of halogens is 2. The number of carbonyl (C=O) groups excluding carboxylic acids is 1. The molecule has 1 aromatic carbocycles. The lowest BCUT2D eigenvalue weighted by atomic mass is 9.96. The zero-order valence-corrected chi connectivity index (χ0v) is 20.4. The molecule has 0 spiro atoms. The number of aryl methyl sites for hydroxylation is 2. The van der Waals surface area contributed by atoms with Gasteiger partial charge in [0.25, 0.3) is 5.92 Å². The van der Waals surface area contributed by atoms with E-state index in [9.17, 15) is 13.2 Å². The average Bonchev–Trinajstić information content (AvgIpc) is 2.96. The third kappa shape index (κ3) is 5.76. The maximum Gasteiger partial charge on any atom is 0.283 e. The Hall–Kier alpha value is -2.39. The summed E-state index contributed by atoms with van der Waals surface area (Å²) in [4.78, 5) is 18.5. The van der Waals surface area contributed by atoms with Gasteiger partial charge in [0.15, 0.2) is 0 Å². The number of alkyl halides is 2. The minimum absolute atomic E-state index is 0.0869. The fourth-order valence-corrected chi connectivity index (χ4v) is 5.12. The molecular formula is C24H31F2N3O3S. The van der Waals surface area contributed by atoms with Crippen LogP contribution in [-0.2, 0) is 21.2 Å². The van der Waals surface area contributed by atoms with Crippen LogP contribution in [0.1, 0.15) is 37.6 Å². The number of nitrogens with one attached hydrogen (secondary N) is 1. The first-order valence-corrected chi connectivity index (χ1v) is 12.7. The number of benzene rings is 1. The number of rotatable bonds is 7. The average molecular weight is 480 g/mol. The molecule has 2 heterocycles. The Labute approximate surface area is 194 Å². The molecule has 0 saturated carbocycles. The third-order valence-corrected chi connectivity index (χ3v) is 7.22. The van der Waals surface area contributed by atoms with E-state index in [1.165, 1.54) is 6.92 Å². The van der Waals surface area contributed by atoms with Crippen molar-refractivity contribution in [1.29, 1.82) is 0 Å². The second-order valence-electron chi connectivity index (χ2n) is 9.02. The van der Waals surface area contributed by atoms with E-state index in [-0.39, 0.29) is 12.2 Å². The highest BCUT2D eigenvalue weighted by molar-refractivity contribution is 7.89. The number of aromatic nitrogens is 1. The van der Waals surface area contributed by atoms with Crippen molar-refractivity contribution in [2.24, 2.45) is 5.92 Å². The Kier molecular flexibility index (Phi) is 7.24. The van der Waals surface area contributed by atoms with Gasteiger partial charge in [0, 0.05) is 17.2 Å². The van der Waals surface area contributed by atoms with Crippen LogP contribution in [-0.4, -0.2) is 54.5 Å². The number of nitrogens with zero attached hydrogens (tertiary/aromatic N) is 2. The van der Waals surface area contributed by atoms with Crippen LogP contribution in [0.25, 0.3) is 11.3 Å². The molecule has 1 amide bonds. The minimum Gasteiger partial charge on any atom is -0.331 e. The molecule has 180 valence electrons. The van der Waals surface area contributed by atoms with Crippen molar-refractivity contribution in [2.45, 2.75) is 59.0 Å². The normalized spacial score (nSPS) is 20.4. The first-order chi connectivity index (χ1) is 15.3. The molecular weight excluding hydrogens is 448 g/mol. The predicted octanol–water partition coefficient (Wildman–Crippen LogP) is 3.72. The van der Waals surface area contributed by atoms with Crippen LogP contribution in [0.15, 0.2) is 36.4 Å². The van der Waals surface area contributed by atoms with Crippen molar-refractivity contribution in [2.75, 3.05) is 12.3 Å². The number of amides is 1. The quantitative estimate of drug-likeness (QED) is 0.657. The van der Waals surface area contributed by atoms with Crippen LogP contribution in [0.2, 0.25) is 0 Å². The molecule has 2 atom stereocenters. The molecule has 1 aliphatic heterocycles. The molecule has 0 bridgehead atoms. The van der Waals surface area contributed by atoms with Gasteiger partial charge in [-0.05, 0) is 56.5 Å². The van der Waals surface area contributed by atoms with Crippen molar-refractivity contribution in [3.05, 3.63) is 53.2 Å². The molecule has 1 fully saturated rings. The van der Waals surface area contributed by atoms with E-state index in [0.717, 1.165) is 33.0 Å². The fourth-order valence-electron chi connectivity index (χ4n) is 4.24. The lowest BCUT2D eigenvalue weighted by molar-refractivity contribution is -0.136. The van der Waals surface area contributed by atoms with E-state index >= 15 is 8.78 Å². The lowest BCUT2D eigenvalue weighted by Gasteiger charge is -2.29. The van der Waals surface area contributed by atoms with E-state index in [1.54, 1.807) is 19.9 Å². The maximum atomic E-state index is 15.0. The van der Waals surface area contributed by atoms with Gasteiger partial charge in [-0.25, -0.2) is 21.9 Å². The summed E-state index contributed by atoms with van der Waals surface area (Å²) in [6, 6.07) is 8.56. The van der Waals surface area contributed by atoms with Crippen molar-refractivity contribution >= 4 is 15.9 Å². The Balaban J connectivity index is 2.00. The predicted molar refractivity (Wildman–Crippen MR) is 125 cm³/mol. The standard InChI is InChI=1S/C24H31F2N3O3S/c1-6-33(31,32)28-22-21(29(14-24(22,25)26)23(30)15(2)3)13-18-8-7-9-19(12-18)20-11-16(4)10-17(5)27-20/h7-12,15,21-22,28H,6,13-14H2,1-5H3/t21-,22+/m0/s1. The van der Waals surface area contributed by atoms with Crippen molar-refractivity contribution in [1.82, 2.24) is 14.6 Å². The number of carbonyl (C=O) groups is 1. The molecule has 0 unspecified atom stereocenters. The highest BCUT2D eigenvalue weighted by Crippen LogP contribution is 2.36. The van der Waals surface area contributed by atoms with Gasteiger partial charge in [0.1, 0.15) is 6.04 Å². The van der Waals surface area contributed by atoms with Crippen LogP contribution >= 0.6 is 0 Å². The molecule has 9 heteroatoms. The first kappa shape index (κ1) is 25.2. The van der Waals surface area contributed by atoms with E-state index in [1.807, 2.05) is 44.2 Å². The Morgan fingerprint density at radius 2 is 1.94 bits per heavy atom. The monoisotopic (exact) mass is 479 g/mol. The van der Waals surface area contributed by atoms with Gasteiger partial charge in [-0.3, -0.25) is 9.78 Å². The van der Waals surface area contributed by atoms with E-state index in [0.29, 0.717) is 0 Å². The van der Waals surface area contributed by atoms with Gasteiger partial charge < -0.3 is 4.90 Å². The molecule has 1 aliphatic rings.